The Hall–Kier alpha value is -2.41. The van der Waals surface area contributed by atoms with Crippen LogP contribution in [0.25, 0.3) is 0 Å². The van der Waals surface area contributed by atoms with Gasteiger partial charge in [-0.3, -0.25) is 9.59 Å². The summed E-state index contributed by atoms with van der Waals surface area (Å²) in [4.78, 5) is 38.1. The van der Waals surface area contributed by atoms with Crippen molar-refractivity contribution in [1.82, 2.24) is 4.90 Å². The van der Waals surface area contributed by atoms with Gasteiger partial charge in [-0.2, -0.15) is 0 Å². The predicted molar refractivity (Wildman–Crippen MR) is 95.4 cm³/mol. The minimum atomic E-state index is -0.633. The largest absolute Gasteiger partial charge is 0.452 e. The summed E-state index contributed by atoms with van der Waals surface area (Å²) in [6.07, 6.45) is 3.18. The summed E-state index contributed by atoms with van der Waals surface area (Å²) in [7, 11) is 0. The van der Waals surface area contributed by atoms with E-state index < -0.39 is 5.97 Å². The third-order valence-corrected chi connectivity index (χ3v) is 4.38. The quantitative estimate of drug-likeness (QED) is 0.578. The fourth-order valence-corrected chi connectivity index (χ4v) is 3.10. The predicted octanol–water partition coefficient (Wildman–Crippen LogP) is 2.68. The molecule has 1 N–H and O–H groups in total. The first kappa shape index (κ1) is 19.6. The van der Waals surface area contributed by atoms with E-state index in [0.717, 1.165) is 10.4 Å². The summed E-state index contributed by atoms with van der Waals surface area (Å²) in [6, 6.07) is 0. The highest BCUT2D eigenvalue weighted by molar-refractivity contribution is 7.16. The molecular weight excluding hydrogens is 328 g/mol. The van der Waals surface area contributed by atoms with Crippen LogP contribution in [0.1, 0.15) is 27.7 Å². The van der Waals surface area contributed by atoms with E-state index in [0.29, 0.717) is 23.7 Å². The van der Waals surface area contributed by atoms with E-state index in [4.69, 9.17) is 4.74 Å². The maximum atomic E-state index is 12.3. The van der Waals surface area contributed by atoms with Gasteiger partial charge in [0.25, 0.3) is 5.91 Å². The lowest BCUT2D eigenvalue weighted by Gasteiger charge is -2.19. The van der Waals surface area contributed by atoms with Crippen molar-refractivity contribution in [3.8, 4) is 0 Å². The maximum Gasteiger partial charge on any atom is 0.341 e. The second kappa shape index (κ2) is 9.02. The van der Waals surface area contributed by atoms with Crippen LogP contribution in [-0.2, 0) is 14.3 Å². The molecule has 0 saturated heterocycles. The van der Waals surface area contributed by atoms with Crippen LogP contribution in [-0.4, -0.2) is 42.4 Å². The van der Waals surface area contributed by atoms with Crippen molar-refractivity contribution in [2.45, 2.75) is 20.8 Å². The second-order valence-electron chi connectivity index (χ2n) is 5.12. The number of aryl methyl sites for hydroxylation is 1. The summed E-state index contributed by atoms with van der Waals surface area (Å²) in [6.45, 7) is 12.5. The zero-order valence-corrected chi connectivity index (χ0v) is 15.0. The lowest BCUT2D eigenvalue weighted by molar-refractivity contribution is -0.133. The zero-order valence-electron chi connectivity index (χ0n) is 14.2. The highest BCUT2D eigenvalue weighted by Gasteiger charge is 2.23. The van der Waals surface area contributed by atoms with Crippen LogP contribution >= 0.6 is 11.3 Å². The van der Waals surface area contributed by atoms with Gasteiger partial charge in [0, 0.05) is 24.9 Å². The molecule has 2 amide bonds. The molecule has 130 valence electrons. The van der Waals surface area contributed by atoms with Crippen molar-refractivity contribution in [1.29, 1.82) is 0 Å². The number of hydrogen-bond acceptors (Lipinski definition) is 5. The summed E-state index contributed by atoms with van der Waals surface area (Å²) in [5.74, 6) is -1.25. The molecule has 0 aliphatic rings. The highest BCUT2D eigenvalue weighted by Crippen LogP contribution is 2.32. The van der Waals surface area contributed by atoms with Gasteiger partial charge in [0.2, 0.25) is 5.91 Å². The molecular formula is C17H22N2O4S. The van der Waals surface area contributed by atoms with Gasteiger partial charge in [-0.05, 0) is 19.4 Å². The van der Waals surface area contributed by atoms with Crippen LogP contribution in [0.2, 0.25) is 0 Å². The second-order valence-corrected chi connectivity index (χ2v) is 6.35. The molecule has 0 aliphatic heterocycles. The van der Waals surface area contributed by atoms with Crippen LogP contribution in [0.4, 0.5) is 5.00 Å². The average molecular weight is 350 g/mol. The van der Waals surface area contributed by atoms with Gasteiger partial charge in [-0.25, -0.2) is 4.79 Å². The molecule has 0 fully saturated rings. The number of amides is 2. The molecule has 0 aliphatic carbocycles. The molecule has 1 aromatic heterocycles. The average Bonchev–Trinajstić information content (AvgIpc) is 2.78. The molecule has 6 nitrogen and oxygen atoms in total. The number of nitrogens with one attached hydrogen (secondary N) is 1. The molecule has 1 rings (SSSR count). The van der Waals surface area contributed by atoms with E-state index >= 15 is 0 Å². The van der Waals surface area contributed by atoms with E-state index in [-0.39, 0.29) is 18.4 Å². The van der Waals surface area contributed by atoms with E-state index in [1.54, 1.807) is 19.1 Å². The number of hydrogen-bond donors (Lipinski definition) is 1. The van der Waals surface area contributed by atoms with Crippen LogP contribution in [0.3, 0.4) is 0 Å². The standard InChI is InChI=1S/C17H22N2O4S/c1-6-8-19(9-7-2)14(21)10-23-17(22)15-11(3)12(4)24-16(15)18-13(5)20/h6-7H,1-2,8-10H2,3-5H3,(H,18,20). The Balaban J connectivity index is 2.84. The fraction of sp³-hybridized carbons (Fsp3) is 0.353. The molecule has 0 bridgehead atoms. The highest BCUT2D eigenvalue weighted by atomic mass is 32.1. The number of carbonyl (C=O) groups is 3. The Morgan fingerprint density at radius 1 is 1.21 bits per heavy atom. The Morgan fingerprint density at radius 3 is 2.29 bits per heavy atom. The normalized spacial score (nSPS) is 9.96. The summed E-state index contributed by atoms with van der Waals surface area (Å²) in [5, 5.41) is 3.06. The first-order valence-corrected chi connectivity index (χ1v) is 8.17. The van der Waals surface area contributed by atoms with Crippen molar-refractivity contribution >= 4 is 34.1 Å². The molecule has 0 atom stereocenters. The molecule has 0 saturated carbocycles. The minimum absolute atomic E-state index is 0.274. The third kappa shape index (κ3) is 5.06. The van der Waals surface area contributed by atoms with Gasteiger partial charge in [0.15, 0.2) is 6.61 Å². The molecule has 7 heteroatoms. The molecule has 0 spiro atoms. The van der Waals surface area contributed by atoms with Gasteiger partial charge < -0.3 is 15.0 Å². The summed E-state index contributed by atoms with van der Waals surface area (Å²) >= 11 is 1.30. The number of esters is 1. The van der Waals surface area contributed by atoms with Crippen molar-refractivity contribution in [3.05, 3.63) is 41.3 Å². The van der Waals surface area contributed by atoms with Crippen molar-refractivity contribution in [2.24, 2.45) is 0 Å². The number of nitrogens with zero attached hydrogens (tertiary/aromatic N) is 1. The number of carbonyl (C=O) groups excluding carboxylic acids is 3. The Morgan fingerprint density at radius 2 is 1.79 bits per heavy atom. The Kier molecular flexibility index (Phi) is 7.38. The number of rotatable bonds is 8. The monoisotopic (exact) mass is 350 g/mol. The van der Waals surface area contributed by atoms with E-state index in [1.807, 2.05) is 6.92 Å². The van der Waals surface area contributed by atoms with Crippen LogP contribution in [0, 0.1) is 13.8 Å². The molecule has 1 heterocycles. The first-order chi connectivity index (χ1) is 11.3. The van der Waals surface area contributed by atoms with E-state index in [2.05, 4.69) is 18.5 Å². The van der Waals surface area contributed by atoms with Crippen LogP contribution in [0.15, 0.2) is 25.3 Å². The lowest BCUT2D eigenvalue weighted by Crippen LogP contribution is -2.35. The molecule has 1 aromatic rings. The van der Waals surface area contributed by atoms with Gasteiger partial charge in [-0.1, -0.05) is 12.2 Å². The zero-order chi connectivity index (χ0) is 18.3. The Bertz CT molecular complexity index is 654. The topological polar surface area (TPSA) is 75.7 Å². The molecule has 0 unspecified atom stereocenters. The summed E-state index contributed by atoms with van der Waals surface area (Å²) in [5.41, 5.74) is 1.02. The molecule has 0 aromatic carbocycles. The van der Waals surface area contributed by atoms with Crippen molar-refractivity contribution in [3.63, 3.8) is 0 Å². The summed E-state index contributed by atoms with van der Waals surface area (Å²) < 4.78 is 5.14. The van der Waals surface area contributed by atoms with Crippen LogP contribution in [0.5, 0.6) is 0 Å². The van der Waals surface area contributed by atoms with E-state index in [1.165, 1.54) is 23.2 Å². The Labute approximate surface area is 145 Å². The van der Waals surface area contributed by atoms with Gasteiger partial charge in [0.1, 0.15) is 5.00 Å². The van der Waals surface area contributed by atoms with Crippen LogP contribution < -0.4 is 5.32 Å². The smallest absolute Gasteiger partial charge is 0.341 e. The van der Waals surface area contributed by atoms with Gasteiger partial charge in [-0.15, -0.1) is 24.5 Å². The minimum Gasteiger partial charge on any atom is -0.452 e. The number of thiophene rings is 1. The molecule has 0 radical (unpaired) electrons. The SMILES string of the molecule is C=CCN(CC=C)C(=O)COC(=O)c1c(NC(C)=O)sc(C)c1C. The van der Waals surface area contributed by atoms with Crippen molar-refractivity contribution < 1.29 is 19.1 Å². The number of ether oxygens (including phenoxy) is 1. The maximum absolute atomic E-state index is 12.3. The van der Waals surface area contributed by atoms with Gasteiger partial charge in [0.05, 0.1) is 5.56 Å². The molecule has 24 heavy (non-hydrogen) atoms. The first-order valence-electron chi connectivity index (χ1n) is 7.36. The van der Waals surface area contributed by atoms with Crippen molar-refractivity contribution in [2.75, 3.05) is 25.0 Å². The third-order valence-electron chi connectivity index (χ3n) is 3.26. The fourth-order valence-electron chi connectivity index (χ4n) is 2.00. The number of anilines is 1. The van der Waals surface area contributed by atoms with E-state index in [9.17, 15) is 14.4 Å². The van der Waals surface area contributed by atoms with Gasteiger partial charge >= 0.3 is 5.97 Å². The lowest BCUT2D eigenvalue weighted by atomic mass is 10.1.